The summed E-state index contributed by atoms with van der Waals surface area (Å²) in [5.74, 6) is 0.199. The topological polar surface area (TPSA) is 82.0 Å². The molecule has 0 radical (unpaired) electrons. The van der Waals surface area contributed by atoms with Gasteiger partial charge in [-0.25, -0.2) is 4.98 Å². The second-order valence-electron chi connectivity index (χ2n) is 5.67. The van der Waals surface area contributed by atoms with Crippen LogP contribution in [0.4, 0.5) is 5.69 Å². The molecule has 1 aromatic heterocycles. The van der Waals surface area contributed by atoms with Crippen molar-refractivity contribution in [3.8, 4) is 0 Å². The van der Waals surface area contributed by atoms with Gasteiger partial charge < -0.3 is 11.5 Å². The molecule has 1 aliphatic carbocycles. The van der Waals surface area contributed by atoms with E-state index in [0.29, 0.717) is 6.42 Å². The normalized spacial score (nSPS) is 16.0. The summed E-state index contributed by atoms with van der Waals surface area (Å²) in [5.41, 5.74) is 14.8. The predicted octanol–water partition coefficient (Wildman–Crippen LogP) is 3.27. The van der Waals surface area contributed by atoms with Gasteiger partial charge in [-0.2, -0.15) is 0 Å². The highest BCUT2D eigenvalue weighted by Gasteiger charge is 2.29. The highest BCUT2D eigenvalue weighted by atomic mass is 16.1. The minimum absolute atomic E-state index is 0.0880. The molecule has 0 spiro atoms. The van der Waals surface area contributed by atoms with E-state index in [1.807, 2.05) is 60.7 Å². The Balaban J connectivity index is 0.000000290. The average Bonchev–Trinajstić information content (AvgIpc) is 3.27. The van der Waals surface area contributed by atoms with Crippen molar-refractivity contribution in [1.82, 2.24) is 4.98 Å². The monoisotopic (exact) mass is 317 g/mol. The number of nitrogens with zero attached hydrogens (tertiary/aromatic N) is 1. The number of carbonyl (C=O) groups excluding carboxylic acids is 1. The first-order valence-corrected chi connectivity index (χ1v) is 7.80. The first-order valence-electron chi connectivity index (χ1n) is 7.80. The molecule has 4 nitrogen and oxygen atoms in total. The van der Waals surface area contributed by atoms with Gasteiger partial charge in [-0.15, -0.1) is 0 Å². The number of rotatable bonds is 2. The SMILES string of the molecule is NC1CC1=O.Nc1cc(C=Cc2ccccc2)nc2ccccc12. The van der Waals surface area contributed by atoms with Crippen molar-refractivity contribution in [2.45, 2.75) is 12.5 Å². The summed E-state index contributed by atoms with van der Waals surface area (Å²) < 4.78 is 0. The first-order chi connectivity index (χ1) is 11.6. The number of benzene rings is 2. The summed E-state index contributed by atoms with van der Waals surface area (Å²) in [5, 5.41) is 0.999. The van der Waals surface area contributed by atoms with Crippen LogP contribution < -0.4 is 11.5 Å². The molecule has 0 saturated heterocycles. The number of nitrogens with two attached hydrogens (primary N) is 2. The van der Waals surface area contributed by atoms with Crippen LogP contribution in [0.25, 0.3) is 23.1 Å². The maximum atomic E-state index is 9.76. The summed E-state index contributed by atoms with van der Waals surface area (Å²) >= 11 is 0. The fourth-order valence-electron chi connectivity index (χ4n) is 2.21. The van der Waals surface area contributed by atoms with E-state index in [0.717, 1.165) is 27.8 Å². The zero-order valence-corrected chi connectivity index (χ0v) is 13.2. The molecule has 1 fully saturated rings. The van der Waals surface area contributed by atoms with Gasteiger partial charge in [0.25, 0.3) is 0 Å². The molecular formula is C20H19N3O. The molecule has 1 saturated carbocycles. The van der Waals surface area contributed by atoms with E-state index in [4.69, 9.17) is 11.5 Å². The van der Waals surface area contributed by atoms with Crippen LogP contribution in [-0.4, -0.2) is 16.8 Å². The van der Waals surface area contributed by atoms with Gasteiger partial charge in [0.05, 0.1) is 17.3 Å². The number of ketones is 1. The van der Waals surface area contributed by atoms with Crippen molar-refractivity contribution in [3.05, 3.63) is 71.9 Å². The van der Waals surface area contributed by atoms with Gasteiger partial charge in [0.2, 0.25) is 0 Å². The quantitative estimate of drug-likeness (QED) is 0.760. The number of Topliss-reactive ketones (excluding diaryl/α,β-unsaturated/α-hetero) is 1. The molecule has 3 aromatic rings. The maximum absolute atomic E-state index is 9.76. The van der Waals surface area contributed by atoms with Crippen LogP contribution in [0.2, 0.25) is 0 Å². The third kappa shape index (κ3) is 4.06. The third-order valence-electron chi connectivity index (χ3n) is 3.69. The lowest BCUT2D eigenvalue weighted by Crippen LogP contribution is -1.99. The van der Waals surface area contributed by atoms with Gasteiger partial charge in [0.1, 0.15) is 0 Å². The van der Waals surface area contributed by atoms with Crippen LogP contribution in [0.5, 0.6) is 0 Å². The van der Waals surface area contributed by atoms with E-state index >= 15 is 0 Å². The van der Waals surface area contributed by atoms with Gasteiger partial charge in [-0.3, -0.25) is 4.79 Å². The lowest BCUT2D eigenvalue weighted by atomic mass is 10.1. The number of carbonyl (C=O) groups is 1. The molecule has 4 heteroatoms. The Hall–Kier alpha value is -2.98. The molecule has 120 valence electrons. The molecule has 1 unspecified atom stereocenters. The molecule has 1 aliphatic rings. The molecule has 0 aliphatic heterocycles. The highest BCUT2D eigenvalue weighted by molar-refractivity contribution is 5.99. The first kappa shape index (κ1) is 15.9. The van der Waals surface area contributed by atoms with E-state index in [1.54, 1.807) is 0 Å². The summed E-state index contributed by atoms with van der Waals surface area (Å²) in [4.78, 5) is 14.3. The Labute approximate surface area is 140 Å². The van der Waals surface area contributed by atoms with Crippen molar-refractivity contribution in [3.63, 3.8) is 0 Å². The van der Waals surface area contributed by atoms with Crippen LogP contribution in [-0.2, 0) is 4.79 Å². The molecule has 4 N–H and O–H groups in total. The van der Waals surface area contributed by atoms with Crippen LogP contribution in [0, 0.1) is 0 Å². The average molecular weight is 317 g/mol. The van der Waals surface area contributed by atoms with Gasteiger partial charge in [0.15, 0.2) is 5.78 Å². The van der Waals surface area contributed by atoms with E-state index in [2.05, 4.69) is 17.1 Å². The van der Waals surface area contributed by atoms with E-state index in [1.165, 1.54) is 0 Å². The number of para-hydroxylation sites is 1. The third-order valence-corrected chi connectivity index (χ3v) is 3.69. The Morgan fingerprint density at radius 3 is 2.29 bits per heavy atom. The van der Waals surface area contributed by atoms with Crippen LogP contribution >= 0.6 is 0 Å². The molecule has 1 atom stereocenters. The maximum Gasteiger partial charge on any atom is 0.151 e. The standard InChI is InChI=1S/C17H14N2.C3H5NO/c18-16-12-14(11-10-13-6-2-1-3-7-13)19-17-9-5-4-8-15(16)17;4-2-1-3(2)5/h1-12H,(H2,18,19);2H,1,4H2. The summed E-state index contributed by atoms with van der Waals surface area (Å²) in [6.07, 6.45) is 4.63. The van der Waals surface area contributed by atoms with Crippen molar-refractivity contribution < 1.29 is 4.79 Å². The molecule has 4 rings (SSSR count). The minimum atomic E-state index is -0.0880. The second-order valence-corrected chi connectivity index (χ2v) is 5.67. The highest BCUT2D eigenvalue weighted by Crippen LogP contribution is 2.21. The fraction of sp³-hybridized carbons (Fsp3) is 0.100. The number of hydrogen-bond donors (Lipinski definition) is 2. The van der Waals surface area contributed by atoms with Gasteiger partial charge >= 0.3 is 0 Å². The molecule has 0 amide bonds. The Morgan fingerprint density at radius 2 is 1.62 bits per heavy atom. The number of aromatic nitrogens is 1. The van der Waals surface area contributed by atoms with Gasteiger partial charge in [-0.1, -0.05) is 54.6 Å². The number of pyridine rings is 1. The van der Waals surface area contributed by atoms with E-state index in [-0.39, 0.29) is 11.8 Å². The largest absolute Gasteiger partial charge is 0.398 e. The Morgan fingerprint density at radius 1 is 1.00 bits per heavy atom. The predicted molar refractivity (Wildman–Crippen MR) is 99.1 cm³/mol. The Bertz CT molecular complexity index is 888. The molecule has 2 aromatic carbocycles. The van der Waals surface area contributed by atoms with Crippen molar-refractivity contribution in [2.75, 3.05) is 5.73 Å². The van der Waals surface area contributed by atoms with Gasteiger partial charge in [-0.05, 0) is 23.8 Å². The lowest BCUT2D eigenvalue weighted by molar-refractivity contribution is -0.110. The summed E-state index contributed by atoms with van der Waals surface area (Å²) in [7, 11) is 0. The number of fused-ring (bicyclic) bond motifs is 1. The summed E-state index contributed by atoms with van der Waals surface area (Å²) in [6, 6.07) is 19.9. The summed E-state index contributed by atoms with van der Waals surface area (Å²) in [6.45, 7) is 0. The smallest absolute Gasteiger partial charge is 0.151 e. The van der Waals surface area contributed by atoms with Crippen molar-refractivity contribution >= 4 is 34.5 Å². The van der Waals surface area contributed by atoms with Crippen LogP contribution in [0.15, 0.2) is 60.7 Å². The van der Waals surface area contributed by atoms with Crippen LogP contribution in [0.1, 0.15) is 17.7 Å². The number of hydrogen-bond acceptors (Lipinski definition) is 4. The van der Waals surface area contributed by atoms with E-state index in [9.17, 15) is 4.79 Å². The molecule has 0 bridgehead atoms. The molecular weight excluding hydrogens is 298 g/mol. The zero-order valence-electron chi connectivity index (χ0n) is 13.2. The molecule has 1 heterocycles. The fourth-order valence-corrected chi connectivity index (χ4v) is 2.21. The number of anilines is 1. The van der Waals surface area contributed by atoms with Crippen molar-refractivity contribution in [2.24, 2.45) is 5.73 Å². The number of nitrogen functional groups attached to an aromatic ring is 1. The van der Waals surface area contributed by atoms with Gasteiger partial charge in [0, 0.05) is 17.5 Å². The van der Waals surface area contributed by atoms with Crippen LogP contribution in [0.3, 0.4) is 0 Å². The zero-order chi connectivity index (χ0) is 16.9. The minimum Gasteiger partial charge on any atom is -0.398 e. The Kier molecular flexibility index (Phi) is 4.68. The van der Waals surface area contributed by atoms with Crippen molar-refractivity contribution in [1.29, 1.82) is 0 Å². The lowest BCUT2D eigenvalue weighted by Gasteiger charge is -2.03. The second kappa shape index (κ2) is 7.06. The molecule has 24 heavy (non-hydrogen) atoms. The van der Waals surface area contributed by atoms with E-state index < -0.39 is 0 Å².